The van der Waals surface area contributed by atoms with Gasteiger partial charge in [0.2, 0.25) is 12.5 Å². The molecule has 0 amide bonds. The second-order valence-electron chi connectivity index (χ2n) is 7.34. The molecule has 2 aliphatic heterocycles. The van der Waals surface area contributed by atoms with Gasteiger partial charge in [0.1, 0.15) is 12.6 Å². The Morgan fingerprint density at radius 1 is 1.25 bits per heavy atom. The Morgan fingerprint density at radius 3 is 2.91 bits per heavy atom. The molecular weight excluding hydrogens is 412 g/mol. The second-order valence-corrected chi connectivity index (χ2v) is 7.34. The van der Waals surface area contributed by atoms with Crippen molar-refractivity contribution in [3.63, 3.8) is 0 Å². The number of methoxy groups -OCH3 is 1. The number of hydrogen-bond acceptors (Lipinski definition) is 8. The first kappa shape index (κ1) is 21.7. The molecule has 0 bridgehead atoms. The highest BCUT2D eigenvalue weighted by molar-refractivity contribution is 5.80. The van der Waals surface area contributed by atoms with Gasteiger partial charge in [-0.1, -0.05) is 17.0 Å². The van der Waals surface area contributed by atoms with Crippen LogP contribution in [0.1, 0.15) is 29.7 Å². The first-order valence-electron chi connectivity index (χ1n) is 10.4. The number of nitrogens with zero attached hydrogens (tertiary/aromatic N) is 2. The quantitative estimate of drug-likeness (QED) is 0.321. The van der Waals surface area contributed by atoms with Gasteiger partial charge < -0.3 is 28.9 Å². The van der Waals surface area contributed by atoms with E-state index in [1.165, 1.54) is 6.21 Å². The maximum Gasteiger partial charge on any atom is 0.231 e. The van der Waals surface area contributed by atoms with Crippen LogP contribution in [0.3, 0.4) is 0 Å². The molecule has 0 saturated carbocycles. The third-order valence-electron chi connectivity index (χ3n) is 5.41. The predicted octanol–water partition coefficient (Wildman–Crippen LogP) is 3.24. The molecule has 8 nitrogen and oxygen atoms in total. The van der Waals surface area contributed by atoms with E-state index in [2.05, 4.69) is 21.9 Å². The molecule has 0 fully saturated rings. The monoisotopic (exact) mass is 438 g/mol. The summed E-state index contributed by atoms with van der Waals surface area (Å²) in [5.41, 5.74) is 2.88. The SMILES string of the molecule is CCOc1cc(/C=N\O)ccc1OCC#C[C@@H]1c2c(cc3c(c2OC)OCO3)CCN1C. The zero-order valence-corrected chi connectivity index (χ0v) is 18.4. The molecule has 32 heavy (non-hydrogen) atoms. The van der Waals surface area contributed by atoms with Gasteiger partial charge in [0.15, 0.2) is 23.0 Å². The fraction of sp³-hybridized carbons (Fsp3) is 0.375. The Labute approximate surface area is 187 Å². The zero-order valence-electron chi connectivity index (χ0n) is 18.4. The van der Waals surface area contributed by atoms with Gasteiger partial charge >= 0.3 is 0 Å². The summed E-state index contributed by atoms with van der Waals surface area (Å²) in [4.78, 5) is 2.19. The predicted molar refractivity (Wildman–Crippen MR) is 118 cm³/mol. The van der Waals surface area contributed by atoms with Gasteiger partial charge in [0.05, 0.1) is 19.9 Å². The smallest absolute Gasteiger partial charge is 0.231 e. The van der Waals surface area contributed by atoms with Crippen LogP contribution < -0.4 is 23.7 Å². The van der Waals surface area contributed by atoms with Crippen molar-refractivity contribution < 1.29 is 28.9 Å². The van der Waals surface area contributed by atoms with Gasteiger partial charge in [-0.25, -0.2) is 0 Å². The summed E-state index contributed by atoms with van der Waals surface area (Å²) in [5, 5.41) is 11.8. The molecule has 2 aromatic rings. The van der Waals surface area contributed by atoms with Crippen LogP contribution in [0.15, 0.2) is 29.4 Å². The van der Waals surface area contributed by atoms with E-state index in [-0.39, 0.29) is 19.4 Å². The lowest BCUT2D eigenvalue weighted by Gasteiger charge is -2.32. The van der Waals surface area contributed by atoms with Gasteiger partial charge in [-0.15, -0.1) is 0 Å². The molecule has 8 heteroatoms. The van der Waals surface area contributed by atoms with Crippen LogP contribution in [0.2, 0.25) is 0 Å². The fourth-order valence-electron chi connectivity index (χ4n) is 3.93. The molecular formula is C24H26N2O6. The van der Waals surface area contributed by atoms with E-state index in [4.69, 9.17) is 28.9 Å². The van der Waals surface area contributed by atoms with Crippen molar-refractivity contribution in [2.24, 2.45) is 5.16 Å². The second kappa shape index (κ2) is 9.71. The van der Waals surface area contributed by atoms with Crippen molar-refractivity contribution in [1.29, 1.82) is 0 Å². The molecule has 2 aromatic carbocycles. The Balaban J connectivity index is 1.55. The largest absolute Gasteiger partial charge is 0.492 e. The van der Waals surface area contributed by atoms with Crippen molar-refractivity contribution >= 4 is 6.21 Å². The summed E-state index contributed by atoms with van der Waals surface area (Å²) < 4.78 is 28.4. The van der Waals surface area contributed by atoms with E-state index in [1.54, 1.807) is 25.3 Å². The minimum atomic E-state index is -0.152. The number of fused-ring (bicyclic) bond motifs is 2. The molecule has 0 aliphatic carbocycles. The maximum atomic E-state index is 8.74. The summed E-state index contributed by atoms with van der Waals surface area (Å²) in [5.74, 6) is 9.65. The number of rotatable bonds is 6. The van der Waals surface area contributed by atoms with E-state index in [0.29, 0.717) is 35.2 Å². The van der Waals surface area contributed by atoms with Crippen LogP contribution in [0, 0.1) is 11.8 Å². The zero-order chi connectivity index (χ0) is 22.5. The maximum absolute atomic E-state index is 8.74. The number of oxime groups is 1. The van der Waals surface area contributed by atoms with Crippen molar-refractivity contribution in [3.8, 4) is 40.6 Å². The third-order valence-corrected chi connectivity index (χ3v) is 5.41. The summed E-state index contributed by atoms with van der Waals surface area (Å²) in [6.07, 6.45) is 2.22. The average Bonchev–Trinajstić information content (AvgIpc) is 3.26. The number of likely N-dealkylation sites (N-methyl/N-ethyl adjacent to an activating group) is 1. The highest BCUT2D eigenvalue weighted by Crippen LogP contribution is 2.49. The molecule has 1 atom stereocenters. The summed E-state index contributed by atoms with van der Waals surface area (Å²) in [7, 11) is 3.68. The lowest BCUT2D eigenvalue weighted by Crippen LogP contribution is -2.31. The molecule has 0 aromatic heterocycles. The van der Waals surface area contributed by atoms with E-state index < -0.39 is 0 Å². The van der Waals surface area contributed by atoms with Crippen molar-refractivity contribution in [3.05, 3.63) is 41.0 Å². The van der Waals surface area contributed by atoms with Crippen molar-refractivity contribution in [2.75, 3.05) is 40.7 Å². The minimum absolute atomic E-state index is 0.152. The van der Waals surface area contributed by atoms with Gasteiger partial charge in [-0.3, -0.25) is 4.90 Å². The van der Waals surface area contributed by atoms with Gasteiger partial charge in [0.25, 0.3) is 0 Å². The van der Waals surface area contributed by atoms with Gasteiger partial charge in [0, 0.05) is 17.7 Å². The molecule has 1 N–H and O–H groups in total. The standard InChI is InChI=1S/C24H26N2O6/c1-4-29-20-12-16(14-25-27)7-8-19(20)30-11-5-6-18-22-17(9-10-26(18)2)13-21-23(24(22)28-3)32-15-31-21/h7-8,12-14,18,27H,4,9-11,15H2,1-3H3/b25-14-/t18-/m1/s1. The molecule has 2 aliphatic rings. The van der Waals surface area contributed by atoms with Crippen LogP contribution in [0.25, 0.3) is 0 Å². The molecule has 0 unspecified atom stereocenters. The number of hydrogen-bond donors (Lipinski definition) is 1. The molecule has 0 spiro atoms. The van der Waals surface area contributed by atoms with Crippen LogP contribution in [-0.2, 0) is 6.42 Å². The van der Waals surface area contributed by atoms with E-state index >= 15 is 0 Å². The van der Waals surface area contributed by atoms with E-state index in [9.17, 15) is 0 Å². The lowest BCUT2D eigenvalue weighted by atomic mass is 9.91. The summed E-state index contributed by atoms with van der Waals surface area (Å²) >= 11 is 0. The fourth-order valence-corrected chi connectivity index (χ4v) is 3.93. The van der Waals surface area contributed by atoms with Gasteiger partial charge in [-0.05, 0) is 50.2 Å². The normalized spacial score (nSPS) is 16.9. The topological polar surface area (TPSA) is 82.0 Å². The van der Waals surface area contributed by atoms with Crippen molar-refractivity contribution in [1.82, 2.24) is 4.90 Å². The number of ether oxygens (including phenoxy) is 5. The van der Waals surface area contributed by atoms with Crippen LogP contribution in [0.5, 0.6) is 28.7 Å². The van der Waals surface area contributed by atoms with Crippen LogP contribution in [-0.4, -0.2) is 57.0 Å². The average molecular weight is 438 g/mol. The Morgan fingerprint density at radius 2 is 2.12 bits per heavy atom. The van der Waals surface area contributed by atoms with Gasteiger partial charge in [-0.2, -0.15) is 0 Å². The van der Waals surface area contributed by atoms with Crippen molar-refractivity contribution in [2.45, 2.75) is 19.4 Å². The number of benzene rings is 2. The Bertz CT molecular complexity index is 1070. The highest BCUT2D eigenvalue weighted by atomic mass is 16.7. The summed E-state index contributed by atoms with van der Waals surface area (Å²) in [6.45, 7) is 3.64. The summed E-state index contributed by atoms with van der Waals surface area (Å²) in [6, 6.07) is 7.19. The minimum Gasteiger partial charge on any atom is -0.492 e. The molecule has 168 valence electrons. The molecule has 4 rings (SSSR count). The molecule has 0 saturated heterocycles. The molecule has 2 heterocycles. The van der Waals surface area contributed by atoms with Crippen LogP contribution in [0.4, 0.5) is 0 Å². The first-order chi connectivity index (χ1) is 15.7. The van der Waals surface area contributed by atoms with E-state index in [0.717, 1.165) is 29.8 Å². The van der Waals surface area contributed by atoms with Crippen LogP contribution >= 0.6 is 0 Å². The first-order valence-corrected chi connectivity index (χ1v) is 10.4. The lowest BCUT2D eigenvalue weighted by molar-refractivity contribution is 0.171. The Hall–Kier alpha value is -3.57. The van der Waals surface area contributed by atoms with E-state index in [1.807, 2.05) is 20.0 Å². The highest BCUT2D eigenvalue weighted by Gasteiger charge is 2.33. The Kier molecular flexibility index (Phi) is 6.57. The third kappa shape index (κ3) is 4.25. The molecule has 0 radical (unpaired) electrons.